The monoisotopic (exact) mass is 406 g/mol. The molecular weight excluding hydrogens is 393 g/mol. The Morgan fingerprint density at radius 1 is 1.28 bits per heavy atom. The quantitative estimate of drug-likeness (QED) is 0.500. The SMILES string of the molecule is O=C(NN=Cc1ccn(CC(F)(F)F)n1)c1cc(-c2ccc3c(c2)OCO3)n[nH]1. The molecule has 0 spiro atoms. The number of benzene rings is 1. The Balaban J connectivity index is 1.38. The number of fused-ring (bicyclic) bond motifs is 1. The number of aromatic nitrogens is 4. The molecule has 1 aromatic carbocycles. The molecule has 0 aliphatic carbocycles. The van der Waals surface area contributed by atoms with E-state index in [-0.39, 0.29) is 18.2 Å². The van der Waals surface area contributed by atoms with Crippen LogP contribution < -0.4 is 14.9 Å². The van der Waals surface area contributed by atoms with Crippen LogP contribution in [0.4, 0.5) is 13.2 Å². The third kappa shape index (κ3) is 4.36. The highest BCUT2D eigenvalue weighted by atomic mass is 19.4. The van der Waals surface area contributed by atoms with Crippen LogP contribution in [0.25, 0.3) is 11.3 Å². The summed E-state index contributed by atoms with van der Waals surface area (Å²) in [7, 11) is 0. The van der Waals surface area contributed by atoms with E-state index in [2.05, 4.69) is 25.8 Å². The maximum absolute atomic E-state index is 12.3. The molecule has 150 valence electrons. The van der Waals surface area contributed by atoms with Crippen molar-refractivity contribution in [2.45, 2.75) is 12.7 Å². The molecule has 0 radical (unpaired) electrons. The van der Waals surface area contributed by atoms with Crippen LogP contribution in [0.1, 0.15) is 16.2 Å². The molecule has 2 N–H and O–H groups in total. The molecule has 0 fully saturated rings. The number of carbonyl (C=O) groups is 1. The van der Waals surface area contributed by atoms with Gasteiger partial charge in [-0.15, -0.1) is 0 Å². The Hall–Kier alpha value is -3.83. The highest BCUT2D eigenvalue weighted by Crippen LogP contribution is 2.35. The van der Waals surface area contributed by atoms with Crippen molar-refractivity contribution in [1.29, 1.82) is 0 Å². The molecule has 0 saturated heterocycles. The molecule has 3 aromatic rings. The van der Waals surface area contributed by atoms with Gasteiger partial charge in [-0.3, -0.25) is 14.6 Å². The smallest absolute Gasteiger partial charge is 0.408 e. The van der Waals surface area contributed by atoms with Gasteiger partial charge in [-0.05, 0) is 30.3 Å². The average molecular weight is 406 g/mol. The number of hydrazone groups is 1. The molecular formula is C17H13F3N6O3. The minimum atomic E-state index is -4.37. The second kappa shape index (κ2) is 7.30. The third-order valence-electron chi connectivity index (χ3n) is 3.86. The standard InChI is InChI=1S/C17H13F3N6O3/c18-17(19,20)8-26-4-3-11(25-26)7-21-24-16(27)13-6-12(22-23-13)10-1-2-14-15(5-10)29-9-28-14/h1-7H,8-9H2,(H,22,23)(H,24,27). The number of nitrogens with one attached hydrogen (secondary N) is 2. The fraction of sp³-hybridized carbons (Fsp3) is 0.176. The van der Waals surface area contributed by atoms with E-state index in [9.17, 15) is 18.0 Å². The second-order valence-corrected chi connectivity index (χ2v) is 5.99. The summed E-state index contributed by atoms with van der Waals surface area (Å²) in [5.41, 5.74) is 3.81. The van der Waals surface area contributed by atoms with Gasteiger partial charge in [0.25, 0.3) is 5.91 Å². The van der Waals surface area contributed by atoms with Crippen LogP contribution in [0.5, 0.6) is 11.5 Å². The lowest BCUT2D eigenvalue weighted by atomic mass is 10.1. The fourth-order valence-electron chi connectivity index (χ4n) is 2.58. The minimum absolute atomic E-state index is 0.150. The molecule has 29 heavy (non-hydrogen) atoms. The number of amides is 1. The first-order valence-electron chi connectivity index (χ1n) is 8.26. The van der Waals surface area contributed by atoms with Gasteiger partial charge in [0.05, 0.1) is 11.9 Å². The Labute approximate surface area is 161 Å². The average Bonchev–Trinajstić information content (AvgIpc) is 3.40. The van der Waals surface area contributed by atoms with E-state index >= 15 is 0 Å². The molecule has 0 bridgehead atoms. The number of hydrogen-bond acceptors (Lipinski definition) is 6. The van der Waals surface area contributed by atoms with Crippen molar-refractivity contribution in [1.82, 2.24) is 25.4 Å². The highest BCUT2D eigenvalue weighted by molar-refractivity contribution is 5.94. The third-order valence-corrected chi connectivity index (χ3v) is 3.86. The van der Waals surface area contributed by atoms with Crippen molar-refractivity contribution in [2.75, 3.05) is 6.79 Å². The van der Waals surface area contributed by atoms with Crippen LogP contribution in [-0.2, 0) is 6.54 Å². The lowest BCUT2D eigenvalue weighted by Gasteiger charge is -2.04. The first-order valence-corrected chi connectivity index (χ1v) is 8.26. The van der Waals surface area contributed by atoms with Gasteiger partial charge in [-0.25, -0.2) is 5.43 Å². The molecule has 1 amide bonds. The number of halogens is 3. The fourth-order valence-corrected chi connectivity index (χ4v) is 2.58. The Kier molecular flexibility index (Phi) is 4.66. The van der Waals surface area contributed by atoms with Crippen LogP contribution in [0, 0.1) is 0 Å². The number of nitrogens with zero attached hydrogens (tertiary/aromatic N) is 4. The van der Waals surface area contributed by atoms with E-state index < -0.39 is 18.6 Å². The van der Waals surface area contributed by atoms with Crippen molar-refractivity contribution >= 4 is 12.1 Å². The second-order valence-electron chi connectivity index (χ2n) is 5.99. The molecule has 1 aliphatic rings. The Morgan fingerprint density at radius 2 is 2.10 bits per heavy atom. The van der Waals surface area contributed by atoms with E-state index in [1.54, 1.807) is 18.2 Å². The zero-order chi connectivity index (χ0) is 20.4. The molecule has 0 atom stereocenters. The van der Waals surface area contributed by atoms with E-state index in [0.29, 0.717) is 17.2 Å². The molecule has 2 aromatic heterocycles. The predicted octanol–water partition coefficient (Wildman–Crippen LogP) is 2.33. The van der Waals surface area contributed by atoms with Crippen LogP contribution in [0.3, 0.4) is 0 Å². The zero-order valence-electron chi connectivity index (χ0n) is 14.6. The Morgan fingerprint density at radius 3 is 2.93 bits per heavy atom. The first kappa shape index (κ1) is 18.5. The summed E-state index contributed by atoms with van der Waals surface area (Å²) in [6, 6.07) is 8.14. The van der Waals surface area contributed by atoms with Gasteiger partial charge in [0.15, 0.2) is 11.5 Å². The Bertz CT molecular complexity index is 1070. The molecule has 1 aliphatic heterocycles. The summed E-state index contributed by atoms with van der Waals surface area (Å²) in [6.45, 7) is -1.05. The van der Waals surface area contributed by atoms with Crippen LogP contribution in [-0.4, -0.2) is 45.1 Å². The number of alkyl halides is 3. The summed E-state index contributed by atoms with van der Waals surface area (Å²) in [5, 5.41) is 14.1. The van der Waals surface area contributed by atoms with Gasteiger partial charge in [0, 0.05) is 11.8 Å². The lowest BCUT2D eigenvalue weighted by molar-refractivity contribution is -0.142. The maximum Gasteiger partial charge on any atom is 0.408 e. The lowest BCUT2D eigenvalue weighted by Crippen LogP contribution is -2.19. The molecule has 12 heteroatoms. The molecule has 9 nitrogen and oxygen atoms in total. The van der Waals surface area contributed by atoms with Gasteiger partial charge >= 0.3 is 6.18 Å². The van der Waals surface area contributed by atoms with Gasteiger partial charge in [-0.2, -0.15) is 28.5 Å². The molecule has 0 saturated carbocycles. The number of ether oxygens (including phenoxy) is 2. The summed E-state index contributed by atoms with van der Waals surface area (Å²) >= 11 is 0. The first-order chi connectivity index (χ1) is 13.9. The number of rotatable bonds is 5. The van der Waals surface area contributed by atoms with Gasteiger partial charge < -0.3 is 9.47 Å². The van der Waals surface area contributed by atoms with Crippen molar-refractivity contribution in [3.63, 3.8) is 0 Å². The summed E-state index contributed by atoms with van der Waals surface area (Å²) in [5.74, 6) is 0.649. The van der Waals surface area contributed by atoms with Crippen LogP contribution in [0.2, 0.25) is 0 Å². The van der Waals surface area contributed by atoms with Crippen molar-refractivity contribution in [3.8, 4) is 22.8 Å². The molecule has 3 heterocycles. The van der Waals surface area contributed by atoms with E-state index in [4.69, 9.17) is 9.47 Å². The zero-order valence-corrected chi connectivity index (χ0v) is 14.6. The number of aromatic amines is 1. The molecule has 0 unspecified atom stereocenters. The van der Waals surface area contributed by atoms with E-state index in [1.807, 2.05) is 0 Å². The van der Waals surface area contributed by atoms with Crippen molar-refractivity contribution in [3.05, 3.63) is 47.9 Å². The number of H-pyrrole nitrogens is 1. The normalized spacial score (nSPS) is 13.2. The number of hydrogen-bond donors (Lipinski definition) is 2. The largest absolute Gasteiger partial charge is 0.454 e. The topological polar surface area (TPSA) is 106 Å². The maximum atomic E-state index is 12.3. The summed E-state index contributed by atoms with van der Waals surface area (Å²) < 4.78 is 48.2. The van der Waals surface area contributed by atoms with Crippen molar-refractivity contribution < 1.29 is 27.4 Å². The van der Waals surface area contributed by atoms with Crippen molar-refractivity contribution in [2.24, 2.45) is 5.10 Å². The highest BCUT2D eigenvalue weighted by Gasteiger charge is 2.28. The summed E-state index contributed by atoms with van der Waals surface area (Å²) in [6.07, 6.45) is -2.06. The van der Waals surface area contributed by atoms with Gasteiger partial charge in [-0.1, -0.05) is 0 Å². The van der Waals surface area contributed by atoms with Gasteiger partial charge in [0.1, 0.15) is 17.9 Å². The summed E-state index contributed by atoms with van der Waals surface area (Å²) in [4.78, 5) is 12.1. The van der Waals surface area contributed by atoms with E-state index in [0.717, 1.165) is 16.5 Å². The number of carbonyl (C=O) groups excluding carboxylic acids is 1. The van der Waals surface area contributed by atoms with Crippen LogP contribution >= 0.6 is 0 Å². The minimum Gasteiger partial charge on any atom is -0.454 e. The predicted molar refractivity (Wildman–Crippen MR) is 93.5 cm³/mol. The molecule has 4 rings (SSSR count). The van der Waals surface area contributed by atoms with Crippen LogP contribution in [0.15, 0.2) is 41.6 Å². The van der Waals surface area contributed by atoms with E-state index in [1.165, 1.54) is 18.3 Å². The van der Waals surface area contributed by atoms with Gasteiger partial charge in [0.2, 0.25) is 6.79 Å².